The van der Waals surface area contributed by atoms with Gasteiger partial charge in [0.25, 0.3) is 0 Å². The van der Waals surface area contributed by atoms with Crippen molar-refractivity contribution in [1.29, 1.82) is 0 Å². The highest BCUT2D eigenvalue weighted by atomic mass is 16.6. The number of esters is 1. The predicted molar refractivity (Wildman–Crippen MR) is 98.8 cm³/mol. The molecule has 138 valence electrons. The molecule has 27 heavy (non-hydrogen) atoms. The molecule has 0 amide bonds. The maximum Gasteiger partial charge on any atom is 0.330 e. The van der Waals surface area contributed by atoms with Crippen molar-refractivity contribution >= 4 is 11.8 Å². The first-order valence-electron chi connectivity index (χ1n) is 9.33. The lowest BCUT2D eigenvalue weighted by Gasteiger charge is -2.34. The summed E-state index contributed by atoms with van der Waals surface area (Å²) in [7, 11) is 0. The molecule has 3 heterocycles. The van der Waals surface area contributed by atoms with Crippen molar-refractivity contribution in [1.82, 2.24) is 5.32 Å². The molecule has 0 aliphatic carbocycles. The van der Waals surface area contributed by atoms with Crippen molar-refractivity contribution < 1.29 is 19.1 Å². The van der Waals surface area contributed by atoms with Crippen LogP contribution >= 0.6 is 0 Å². The molecule has 0 radical (unpaired) electrons. The van der Waals surface area contributed by atoms with Gasteiger partial charge < -0.3 is 9.47 Å². The zero-order chi connectivity index (χ0) is 18.8. The largest absolute Gasteiger partial charge is 0.486 e. The Morgan fingerprint density at radius 1 is 1.07 bits per heavy atom. The van der Waals surface area contributed by atoms with Gasteiger partial charge in [-0.1, -0.05) is 41.5 Å². The van der Waals surface area contributed by atoms with Crippen molar-refractivity contribution in [3.8, 4) is 5.75 Å². The summed E-state index contributed by atoms with van der Waals surface area (Å²) in [5, 5.41) is 3.46. The Morgan fingerprint density at radius 2 is 1.89 bits per heavy atom. The second-order valence-electron chi connectivity index (χ2n) is 7.82. The number of ketones is 1. The maximum absolute atomic E-state index is 13.5. The van der Waals surface area contributed by atoms with Gasteiger partial charge in [0.1, 0.15) is 11.9 Å². The van der Waals surface area contributed by atoms with Crippen LogP contribution in [0.5, 0.6) is 5.75 Å². The standard InChI is InChI=1S/C22H21NO4/c1-12-4-3-5-14(10-12)18-17-19(24)15-11-13(2)6-7-16(15)27-20(17)22(23-18)8-9-26-21(22)25/h3-7,10-11,17-18,20,23H,8-9H2,1-2H3/t17-,18+,20+,22+/m1/s1. The highest BCUT2D eigenvalue weighted by Crippen LogP contribution is 2.49. The minimum Gasteiger partial charge on any atom is -0.486 e. The second-order valence-corrected chi connectivity index (χ2v) is 7.82. The van der Waals surface area contributed by atoms with Crippen LogP contribution in [0.1, 0.15) is 39.5 Å². The van der Waals surface area contributed by atoms with E-state index in [1.807, 2.05) is 50.2 Å². The van der Waals surface area contributed by atoms with Crippen LogP contribution in [-0.2, 0) is 9.53 Å². The Balaban J connectivity index is 1.67. The lowest BCUT2D eigenvalue weighted by atomic mass is 9.78. The van der Waals surface area contributed by atoms with Gasteiger partial charge in [-0.05, 0) is 31.5 Å². The SMILES string of the molecule is Cc1cccc([C@@H]2N[C@@]3(CCOC3=O)[C@H]3Oc4ccc(C)cc4C(=O)[C@@H]23)c1. The number of nitrogens with one attached hydrogen (secondary N) is 1. The van der Waals surface area contributed by atoms with Gasteiger partial charge >= 0.3 is 5.97 Å². The number of cyclic esters (lactones) is 1. The number of carbonyl (C=O) groups is 2. The van der Waals surface area contributed by atoms with Gasteiger partial charge in [-0.2, -0.15) is 0 Å². The van der Waals surface area contributed by atoms with E-state index in [0.717, 1.165) is 16.7 Å². The smallest absolute Gasteiger partial charge is 0.330 e. The summed E-state index contributed by atoms with van der Waals surface area (Å²) in [6.45, 7) is 4.32. The molecule has 2 fully saturated rings. The van der Waals surface area contributed by atoms with E-state index in [1.54, 1.807) is 0 Å². The Labute approximate surface area is 157 Å². The summed E-state index contributed by atoms with van der Waals surface area (Å²) in [5.41, 5.74) is 2.74. The third kappa shape index (κ3) is 2.28. The van der Waals surface area contributed by atoms with E-state index in [0.29, 0.717) is 24.3 Å². The molecular weight excluding hydrogens is 342 g/mol. The van der Waals surface area contributed by atoms with Crippen LogP contribution in [0.4, 0.5) is 0 Å². The lowest BCUT2D eigenvalue weighted by molar-refractivity contribution is -0.145. The number of rotatable bonds is 1. The zero-order valence-electron chi connectivity index (χ0n) is 15.3. The molecule has 5 rings (SSSR count). The van der Waals surface area contributed by atoms with Gasteiger partial charge in [-0.15, -0.1) is 0 Å². The topological polar surface area (TPSA) is 64.6 Å². The molecule has 0 saturated carbocycles. The van der Waals surface area contributed by atoms with Crippen molar-refractivity contribution in [2.24, 2.45) is 5.92 Å². The predicted octanol–water partition coefficient (Wildman–Crippen LogP) is 2.89. The fourth-order valence-corrected chi connectivity index (χ4v) is 4.73. The summed E-state index contributed by atoms with van der Waals surface area (Å²) in [6.07, 6.45) is -0.0650. The van der Waals surface area contributed by atoms with Gasteiger partial charge in [0, 0.05) is 12.5 Å². The van der Waals surface area contributed by atoms with Crippen LogP contribution in [0.3, 0.4) is 0 Å². The first kappa shape index (κ1) is 16.5. The van der Waals surface area contributed by atoms with Gasteiger partial charge in [0.05, 0.1) is 18.1 Å². The first-order chi connectivity index (χ1) is 13.0. The number of hydrogen-bond acceptors (Lipinski definition) is 5. The van der Waals surface area contributed by atoms with Crippen molar-refractivity contribution in [3.63, 3.8) is 0 Å². The molecule has 0 unspecified atom stereocenters. The van der Waals surface area contributed by atoms with E-state index in [2.05, 4.69) is 11.4 Å². The Morgan fingerprint density at radius 3 is 2.63 bits per heavy atom. The Kier molecular flexibility index (Phi) is 3.46. The fraction of sp³-hybridized carbons (Fsp3) is 0.364. The van der Waals surface area contributed by atoms with Crippen LogP contribution in [-0.4, -0.2) is 30.0 Å². The quantitative estimate of drug-likeness (QED) is 0.790. The summed E-state index contributed by atoms with van der Waals surface area (Å²) in [4.78, 5) is 26.2. The van der Waals surface area contributed by atoms with Crippen molar-refractivity contribution in [3.05, 3.63) is 64.7 Å². The van der Waals surface area contributed by atoms with Crippen LogP contribution in [0.2, 0.25) is 0 Å². The molecule has 5 heteroatoms. The molecule has 0 aromatic heterocycles. The van der Waals surface area contributed by atoms with Gasteiger partial charge in [0.15, 0.2) is 11.3 Å². The third-order valence-electron chi connectivity index (χ3n) is 6.04. The molecule has 3 aliphatic rings. The van der Waals surface area contributed by atoms with E-state index in [1.165, 1.54) is 0 Å². The summed E-state index contributed by atoms with van der Waals surface area (Å²) >= 11 is 0. The lowest BCUT2D eigenvalue weighted by Crippen LogP contribution is -2.56. The van der Waals surface area contributed by atoms with Crippen LogP contribution < -0.4 is 10.1 Å². The molecule has 0 bridgehead atoms. The van der Waals surface area contributed by atoms with E-state index < -0.39 is 17.6 Å². The molecular formula is C22H21NO4. The van der Waals surface area contributed by atoms with E-state index >= 15 is 0 Å². The molecule has 1 N–H and O–H groups in total. The molecule has 1 spiro atoms. The van der Waals surface area contributed by atoms with Gasteiger partial charge in [0.2, 0.25) is 0 Å². The minimum absolute atomic E-state index is 0.0283. The number of fused-ring (bicyclic) bond motifs is 3. The highest BCUT2D eigenvalue weighted by molar-refractivity contribution is 6.04. The van der Waals surface area contributed by atoms with Crippen molar-refractivity contribution in [2.45, 2.75) is 38.0 Å². The van der Waals surface area contributed by atoms with Gasteiger partial charge in [-0.3, -0.25) is 10.1 Å². The first-order valence-corrected chi connectivity index (χ1v) is 9.33. The normalized spacial score (nSPS) is 31.4. The number of carbonyl (C=O) groups excluding carboxylic acids is 2. The minimum atomic E-state index is -0.975. The van der Waals surface area contributed by atoms with Gasteiger partial charge in [-0.25, -0.2) is 4.79 Å². The van der Waals surface area contributed by atoms with Crippen molar-refractivity contribution in [2.75, 3.05) is 6.61 Å². The van der Waals surface area contributed by atoms with E-state index in [-0.39, 0.29) is 17.8 Å². The number of aryl methyl sites for hydroxylation is 2. The molecule has 2 saturated heterocycles. The molecule has 4 atom stereocenters. The van der Waals surface area contributed by atoms with Crippen LogP contribution in [0, 0.1) is 19.8 Å². The zero-order valence-corrected chi connectivity index (χ0v) is 15.3. The average Bonchev–Trinajstić information content (AvgIpc) is 3.18. The summed E-state index contributed by atoms with van der Waals surface area (Å²) in [6, 6.07) is 13.4. The number of ether oxygens (including phenoxy) is 2. The fourth-order valence-electron chi connectivity index (χ4n) is 4.73. The molecule has 5 nitrogen and oxygen atoms in total. The summed E-state index contributed by atoms with van der Waals surface area (Å²) in [5.74, 6) is -0.207. The molecule has 2 aromatic carbocycles. The van der Waals surface area contributed by atoms with E-state index in [4.69, 9.17) is 9.47 Å². The second kappa shape index (κ2) is 5.67. The molecule has 2 aromatic rings. The Hall–Kier alpha value is -2.66. The molecule has 3 aliphatic heterocycles. The number of hydrogen-bond donors (Lipinski definition) is 1. The Bertz CT molecular complexity index is 969. The highest BCUT2D eigenvalue weighted by Gasteiger charge is 2.65. The third-order valence-corrected chi connectivity index (χ3v) is 6.04. The van der Waals surface area contributed by atoms with E-state index in [9.17, 15) is 9.59 Å². The number of Topliss-reactive ketones (excluding diaryl/α,β-unsaturated/α-hetero) is 1. The van der Waals surface area contributed by atoms with Crippen LogP contribution in [0.25, 0.3) is 0 Å². The number of benzene rings is 2. The average molecular weight is 363 g/mol. The monoisotopic (exact) mass is 363 g/mol. The van der Waals surface area contributed by atoms with Crippen LogP contribution in [0.15, 0.2) is 42.5 Å². The summed E-state index contributed by atoms with van der Waals surface area (Å²) < 4.78 is 11.6. The maximum atomic E-state index is 13.5.